The number of aliphatic imine (C=N–C) groups is 1. The van der Waals surface area contributed by atoms with E-state index in [2.05, 4.69) is 43.1 Å². The molecule has 3 atom stereocenters. The Bertz CT molecular complexity index is 425. The number of rotatable bonds is 3. The fraction of sp³-hybridized carbons (Fsp3) is 0.500. The largest absolute Gasteiger partial charge is 0.387 e. The average Bonchev–Trinajstić information content (AvgIpc) is 2.67. The van der Waals surface area contributed by atoms with Crippen molar-refractivity contribution >= 4 is 5.84 Å². The van der Waals surface area contributed by atoms with Crippen molar-refractivity contribution in [2.45, 2.75) is 38.8 Å². The normalized spacial score (nSPS) is 25.7. The van der Waals surface area contributed by atoms with Crippen molar-refractivity contribution in [1.82, 2.24) is 0 Å². The SMILES string of the molecule is CC1CC(N)=NC1C(C)c1cccc(CN)c1. The van der Waals surface area contributed by atoms with E-state index in [1.165, 1.54) is 11.1 Å². The zero-order valence-electron chi connectivity index (χ0n) is 10.6. The van der Waals surface area contributed by atoms with Crippen LogP contribution in [0.3, 0.4) is 0 Å². The summed E-state index contributed by atoms with van der Waals surface area (Å²) in [5.41, 5.74) is 14.0. The molecule has 3 nitrogen and oxygen atoms in total. The van der Waals surface area contributed by atoms with E-state index in [9.17, 15) is 0 Å². The Labute approximate surface area is 103 Å². The van der Waals surface area contributed by atoms with E-state index in [4.69, 9.17) is 11.5 Å². The molecule has 3 unspecified atom stereocenters. The summed E-state index contributed by atoms with van der Waals surface area (Å²) in [5, 5.41) is 0. The second-order valence-electron chi connectivity index (χ2n) is 5.03. The maximum atomic E-state index is 5.82. The van der Waals surface area contributed by atoms with Crippen LogP contribution in [0.4, 0.5) is 0 Å². The fourth-order valence-corrected chi connectivity index (χ4v) is 2.63. The van der Waals surface area contributed by atoms with Gasteiger partial charge in [0, 0.05) is 18.9 Å². The van der Waals surface area contributed by atoms with E-state index in [1.807, 2.05) is 0 Å². The number of hydrogen-bond acceptors (Lipinski definition) is 3. The summed E-state index contributed by atoms with van der Waals surface area (Å²) in [5.74, 6) is 1.73. The summed E-state index contributed by atoms with van der Waals surface area (Å²) in [7, 11) is 0. The van der Waals surface area contributed by atoms with Gasteiger partial charge in [-0.25, -0.2) is 0 Å². The van der Waals surface area contributed by atoms with E-state index in [0.717, 1.165) is 12.3 Å². The number of nitrogens with two attached hydrogens (primary N) is 2. The van der Waals surface area contributed by atoms with E-state index in [0.29, 0.717) is 24.4 Å². The molecule has 0 aliphatic carbocycles. The molecule has 0 radical (unpaired) electrons. The highest BCUT2D eigenvalue weighted by atomic mass is 14.9. The highest BCUT2D eigenvalue weighted by Gasteiger charge is 2.29. The van der Waals surface area contributed by atoms with Crippen LogP contribution in [-0.4, -0.2) is 11.9 Å². The topological polar surface area (TPSA) is 64.4 Å². The van der Waals surface area contributed by atoms with Gasteiger partial charge in [0.15, 0.2) is 0 Å². The molecule has 17 heavy (non-hydrogen) atoms. The van der Waals surface area contributed by atoms with Crippen LogP contribution in [0.2, 0.25) is 0 Å². The fourth-order valence-electron chi connectivity index (χ4n) is 2.63. The maximum Gasteiger partial charge on any atom is 0.0944 e. The van der Waals surface area contributed by atoms with Crippen molar-refractivity contribution in [1.29, 1.82) is 0 Å². The van der Waals surface area contributed by atoms with E-state index >= 15 is 0 Å². The van der Waals surface area contributed by atoms with Crippen molar-refractivity contribution in [3.05, 3.63) is 35.4 Å². The van der Waals surface area contributed by atoms with Gasteiger partial charge in [0.2, 0.25) is 0 Å². The van der Waals surface area contributed by atoms with Gasteiger partial charge in [-0.1, -0.05) is 38.1 Å². The van der Waals surface area contributed by atoms with Crippen molar-refractivity contribution in [2.24, 2.45) is 22.4 Å². The molecule has 0 aromatic heterocycles. The molecule has 4 N–H and O–H groups in total. The standard InChI is InChI=1S/C14H21N3/c1-9-6-13(16)17-14(9)10(2)12-5-3-4-11(7-12)8-15/h3-5,7,9-10,14H,6,8,15H2,1-2H3,(H2,16,17). The summed E-state index contributed by atoms with van der Waals surface area (Å²) in [4.78, 5) is 4.56. The Hall–Kier alpha value is -1.35. The number of amidine groups is 1. The van der Waals surface area contributed by atoms with E-state index in [-0.39, 0.29) is 0 Å². The highest BCUT2D eigenvalue weighted by Crippen LogP contribution is 2.32. The summed E-state index contributed by atoms with van der Waals surface area (Å²) in [6, 6.07) is 8.78. The second-order valence-corrected chi connectivity index (χ2v) is 5.03. The van der Waals surface area contributed by atoms with Crippen LogP contribution in [0.5, 0.6) is 0 Å². The summed E-state index contributed by atoms with van der Waals surface area (Å²) in [6.45, 7) is 5.03. The van der Waals surface area contributed by atoms with Gasteiger partial charge in [0.05, 0.1) is 11.9 Å². The van der Waals surface area contributed by atoms with Crippen LogP contribution in [0.25, 0.3) is 0 Å². The van der Waals surface area contributed by atoms with E-state index in [1.54, 1.807) is 0 Å². The molecule has 1 aliphatic heterocycles. The van der Waals surface area contributed by atoms with Crippen LogP contribution in [0, 0.1) is 5.92 Å². The molecule has 0 spiro atoms. The van der Waals surface area contributed by atoms with Crippen LogP contribution in [0.15, 0.2) is 29.3 Å². The third kappa shape index (κ3) is 2.50. The molecular weight excluding hydrogens is 210 g/mol. The molecule has 0 saturated carbocycles. The smallest absolute Gasteiger partial charge is 0.0944 e. The van der Waals surface area contributed by atoms with Gasteiger partial charge >= 0.3 is 0 Å². The first-order chi connectivity index (χ1) is 8.11. The molecule has 2 rings (SSSR count). The minimum atomic E-state index is 0.308. The Balaban J connectivity index is 2.21. The minimum Gasteiger partial charge on any atom is -0.387 e. The predicted molar refractivity (Wildman–Crippen MR) is 71.9 cm³/mol. The number of hydrogen-bond donors (Lipinski definition) is 2. The summed E-state index contributed by atoms with van der Waals surface area (Å²) >= 11 is 0. The number of nitrogens with zero attached hydrogens (tertiary/aromatic N) is 1. The Morgan fingerprint density at radius 1 is 1.47 bits per heavy atom. The highest BCUT2D eigenvalue weighted by molar-refractivity contribution is 5.82. The van der Waals surface area contributed by atoms with Gasteiger partial charge < -0.3 is 11.5 Å². The molecule has 1 aromatic carbocycles. The van der Waals surface area contributed by atoms with Crippen LogP contribution in [-0.2, 0) is 6.54 Å². The van der Waals surface area contributed by atoms with Crippen molar-refractivity contribution in [3.8, 4) is 0 Å². The number of benzene rings is 1. The first kappa shape index (κ1) is 12.1. The molecule has 3 heteroatoms. The van der Waals surface area contributed by atoms with Crippen molar-refractivity contribution in [3.63, 3.8) is 0 Å². The average molecular weight is 231 g/mol. The molecule has 1 aliphatic rings. The molecule has 0 fully saturated rings. The van der Waals surface area contributed by atoms with Gasteiger partial charge in [-0.05, 0) is 17.0 Å². The van der Waals surface area contributed by atoms with Gasteiger partial charge in [-0.2, -0.15) is 0 Å². The molecule has 92 valence electrons. The summed E-state index contributed by atoms with van der Waals surface area (Å²) in [6.07, 6.45) is 0.922. The van der Waals surface area contributed by atoms with Crippen LogP contribution >= 0.6 is 0 Å². The lowest BCUT2D eigenvalue weighted by atomic mass is 9.86. The predicted octanol–water partition coefficient (Wildman–Crippen LogP) is 2.01. The molecular formula is C14H21N3. The lowest BCUT2D eigenvalue weighted by Gasteiger charge is -2.21. The van der Waals surface area contributed by atoms with Crippen molar-refractivity contribution in [2.75, 3.05) is 0 Å². The third-order valence-electron chi connectivity index (χ3n) is 3.65. The van der Waals surface area contributed by atoms with Gasteiger partial charge in [0.1, 0.15) is 0 Å². The third-order valence-corrected chi connectivity index (χ3v) is 3.65. The van der Waals surface area contributed by atoms with Crippen LogP contribution < -0.4 is 11.5 Å². The Morgan fingerprint density at radius 3 is 2.82 bits per heavy atom. The van der Waals surface area contributed by atoms with Gasteiger partial charge in [0.25, 0.3) is 0 Å². The minimum absolute atomic E-state index is 0.308. The van der Waals surface area contributed by atoms with Crippen molar-refractivity contribution < 1.29 is 0 Å². The Morgan fingerprint density at radius 2 is 2.24 bits per heavy atom. The first-order valence-electron chi connectivity index (χ1n) is 6.23. The molecule has 0 amide bonds. The zero-order chi connectivity index (χ0) is 12.4. The maximum absolute atomic E-state index is 5.82. The summed E-state index contributed by atoms with van der Waals surface area (Å²) < 4.78 is 0. The van der Waals surface area contributed by atoms with Gasteiger partial charge in [-0.3, -0.25) is 4.99 Å². The zero-order valence-corrected chi connectivity index (χ0v) is 10.6. The van der Waals surface area contributed by atoms with Gasteiger partial charge in [-0.15, -0.1) is 0 Å². The quantitative estimate of drug-likeness (QED) is 0.835. The lowest BCUT2D eigenvalue weighted by molar-refractivity contribution is 0.446. The molecule has 1 heterocycles. The molecule has 0 bridgehead atoms. The second kappa shape index (κ2) is 4.88. The van der Waals surface area contributed by atoms with E-state index < -0.39 is 0 Å². The molecule has 0 saturated heterocycles. The molecule has 1 aromatic rings. The monoisotopic (exact) mass is 231 g/mol. The Kier molecular flexibility index (Phi) is 3.48. The van der Waals surface area contributed by atoms with Crippen LogP contribution in [0.1, 0.15) is 37.3 Å². The lowest BCUT2D eigenvalue weighted by Crippen LogP contribution is -2.18. The first-order valence-corrected chi connectivity index (χ1v) is 6.23.